The molecule has 21 heavy (non-hydrogen) atoms. The fourth-order valence-corrected chi connectivity index (χ4v) is 2.06. The Bertz CT molecular complexity index is 583. The van der Waals surface area contributed by atoms with Crippen LogP contribution in [0.1, 0.15) is 37.6 Å². The Morgan fingerprint density at radius 1 is 1.43 bits per heavy atom. The van der Waals surface area contributed by atoms with Gasteiger partial charge in [-0.1, -0.05) is 13.0 Å². The van der Waals surface area contributed by atoms with E-state index in [1.54, 1.807) is 18.6 Å². The van der Waals surface area contributed by atoms with Crippen molar-refractivity contribution in [3.05, 3.63) is 47.8 Å². The van der Waals surface area contributed by atoms with Crippen LogP contribution in [0.3, 0.4) is 0 Å². The highest BCUT2D eigenvalue weighted by Crippen LogP contribution is 2.23. The molecule has 0 radical (unpaired) electrons. The van der Waals surface area contributed by atoms with Gasteiger partial charge in [0.05, 0.1) is 18.2 Å². The van der Waals surface area contributed by atoms with Crippen molar-refractivity contribution in [1.29, 1.82) is 0 Å². The average Bonchev–Trinajstić information content (AvgIpc) is 2.88. The summed E-state index contributed by atoms with van der Waals surface area (Å²) in [6.07, 6.45) is 4.46. The first-order valence-electron chi connectivity index (χ1n) is 7.22. The first-order chi connectivity index (χ1) is 10.1. The second kappa shape index (κ2) is 7.22. The van der Waals surface area contributed by atoms with Crippen molar-refractivity contribution in [2.45, 2.75) is 32.9 Å². The van der Waals surface area contributed by atoms with E-state index in [1.807, 2.05) is 24.6 Å². The van der Waals surface area contributed by atoms with Crippen molar-refractivity contribution in [2.75, 3.05) is 6.54 Å². The van der Waals surface area contributed by atoms with Crippen LogP contribution in [-0.4, -0.2) is 16.1 Å². The number of rotatable bonds is 7. The molecular weight excluding hydrogens is 269 g/mol. The summed E-state index contributed by atoms with van der Waals surface area (Å²) in [4.78, 5) is 4.00. The number of imidazole rings is 1. The molecule has 1 N–H and O–H groups in total. The Morgan fingerprint density at radius 2 is 2.24 bits per heavy atom. The summed E-state index contributed by atoms with van der Waals surface area (Å²) in [6.45, 7) is 5.36. The zero-order valence-corrected chi connectivity index (χ0v) is 12.8. The molecule has 0 bridgehead atoms. The predicted molar refractivity (Wildman–Crippen MR) is 80.6 cm³/mol. The summed E-state index contributed by atoms with van der Waals surface area (Å²) in [6, 6.07) is 5.25. The van der Waals surface area contributed by atoms with E-state index in [0.717, 1.165) is 24.2 Å². The minimum Gasteiger partial charge on any atom is -0.484 e. The maximum absolute atomic E-state index is 14.1. The van der Waals surface area contributed by atoms with Gasteiger partial charge in [0.1, 0.15) is 6.61 Å². The highest BCUT2D eigenvalue weighted by Gasteiger charge is 2.10. The molecule has 0 saturated carbocycles. The smallest absolute Gasteiger partial charge is 0.165 e. The molecule has 5 heteroatoms. The van der Waals surface area contributed by atoms with Gasteiger partial charge >= 0.3 is 0 Å². The summed E-state index contributed by atoms with van der Waals surface area (Å²) < 4.78 is 21.5. The van der Waals surface area contributed by atoms with Gasteiger partial charge in [0.25, 0.3) is 0 Å². The maximum Gasteiger partial charge on any atom is 0.165 e. The van der Waals surface area contributed by atoms with Crippen molar-refractivity contribution < 1.29 is 9.13 Å². The molecule has 1 aromatic carbocycles. The van der Waals surface area contributed by atoms with Gasteiger partial charge in [-0.25, -0.2) is 9.37 Å². The Labute approximate surface area is 125 Å². The number of hydrogen-bond donors (Lipinski definition) is 1. The lowest BCUT2D eigenvalue weighted by atomic mass is 10.1. The normalized spacial score (nSPS) is 12.4. The monoisotopic (exact) mass is 291 g/mol. The molecule has 2 aromatic rings. The summed E-state index contributed by atoms with van der Waals surface area (Å²) in [7, 11) is 1.88. The number of halogens is 1. The summed E-state index contributed by atoms with van der Waals surface area (Å²) in [5.74, 6) is -0.0672. The van der Waals surface area contributed by atoms with Crippen molar-refractivity contribution >= 4 is 0 Å². The number of nitrogens with zero attached hydrogens (tertiary/aromatic N) is 2. The average molecular weight is 291 g/mol. The zero-order chi connectivity index (χ0) is 15.2. The Morgan fingerprint density at radius 3 is 2.86 bits per heavy atom. The van der Waals surface area contributed by atoms with Crippen LogP contribution in [0.25, 0.3) is 0 Å². The van der Waals surface area contributed by atoms with E-state index in [4.69, 9.17) is 4.74 Å². The van der Waals surface area contributed by atoms with E-state index in [-0.39, 0.29) is 17.6 Å². The lowest BCUT2D eigenvalue weighted by Crippen LogP contribution is -2.19. The lowest BCUT2D eigenvalue weighted by Gasteiger charge is -2.15. The molecule has 1 atom stereocenters. The molecule has 0 spiro atoms. The fourth-order valence-electron chi connectivity index (χ4n) is 2.06. The van der Waals surface area contributed by atoms with Gasteiger partial charge in [0, 0.05) is 13.1 Å². The van der Waals surface area contributed by atoms with Crippen molar-refractivity contribution in [3.63, 3.8) is 0 Å². The molecule has 0 saturated heterocycles. The molecule has 114 valence electrons. The van der Waals surface area contributed by atoms with Gasteiger partial charge in [0.2, 0.25) is 0 Å². The first kappa shape index (κ1) is 15.5. The maximum atomic E-state index is 14.1. The first-order valence-corrected chi connectivity index (χ1v) is 7.22. The van der Waals surface area contributed by atoms with E-state index in [9.17, 15) is 4.39 Å². The molecule has 0 aliphatic carbocycles. The molecule has 1 aromatic heterocycles. The number of nitrogens with one attached hydrogen (secondary N) is 1. The summed E-state index contributed by atoms with van der Waals surface area (Å²) >= 11 is 0. The number of ether oxygens (including phenoxy) is 1. The molecule has 0 amide bonds. The van der Waals surface area contributed by atoms with E-state index in [0.29, 0.717) is 6.61 Å². The van der Waals surface area contributed by atoms with Crippen LogP contribution in [-0.2, 0) is 13.7 Å². The van der Waals surface area contributed by atoms with Crippen molar-refractivity contribution in [2.24, 2.45) is 7.05 Å². The fraction of sp³-hybridized carbons (Fsp3) is 0.438. The van der Waals surface area contributed by atoms with Gasteiger partial charge in [-0.3, -0.25) is 0 Å². The molecular formula is C16H22FN3O. The van der Waals surface area contributed by atoms with Gasteiger partial charge in [-0.05, 0) is 37.6 Å². The molecule has 0 fully saturated rings. The molecule has 2 rings (SSSR count). The third-order valence-corrected chi connectivity index (χ3v) is 3.45. The minimum atomic E-state index is -0.334. The van der Waals surface area contributed by atoms with Crippen molar-refractivity contribution in [3.8, 4) is 5.75 Å². The standard InChI is InChI=1S/C16H22FN3O/c1-4-7-19-12(2)13-5-6-16(15(17)8-13)21-10-14-9-18-11-20(14)3/h5-6,8-9,11-12,19H,4,7,10H2,1-3H3. The number of aromatic nitrogens is 2. The van der Waals surface area contributed by atoms with E-state index in [2.05, 4.69) is 17.2 Å². The van der Waals surface area contributed by atoms with Gasteiger partial charge in [-0.15, -0.1) is 0 Å². The van der Waals surface area contributed by atoms with Crippen LogP contribution >= 0.6 is 0 Å². The Kier molecular flexibility index (Phi) is 5.33. The quantitative estimate of drug-likeness (QED) is 0.851. The second-order valence-corrected chi connectivity index (χ2v) is 5.15. The van der Waals surface area contributed by atoms with Crippen LogP contribution in [0.15, 0.2) is 30.7 Å². The van der Waals surface area contributed by atoms with E-state index < -0.39 is 0 Å². The largest absolute Gasteiger partial charge is 0.484 e. The number of hydrogen-bond acceptors (Lipinski definition) is 3. The van der Waals surface area contributed by atoms with Crippen LogP contribution in [0.5, 0.6) is 5.75 Å². The molecule has 1 unspecified atom stereocenters. The van der Waals surface area contributed by atoms with E-state index in [1.165, 1.54) is 6.07 Å². The van der Waals surface area contributed by atoms with Crippen LogP contribution in [0.2, 0.25) is 0 Å². The molecule has 0 aliphatic rings. The SMILES string of the molecule is CCCNC(C)c1ccc(OCc2cncn2C)c(F)c1. The summed E-state index contributed by atoms with van der Waals surface area (Å²) in [5, 5.41) is 3.34. The topological polar surface area (TPSA) is 39.1 Å². The van der Waals surface area contributed by atoms with Crippen LogP contribution < -0.4 is 10.1 Å². The van der Waals surface area contributed by atoms with Crippen molar-refractivity contribution in [1.82, 2.24) is 14.9 Å². The zero-order valence-electron chi connectivity index (χ0n) is 12.8. The third-order valence-electron chi connectivity index (χ3n) is 3.45. The number of aryl methyl sites for hydroxylation is 1. The second-order valence-electron chi connectivity index (χ2n) is 5.15. The Balaban J connectivity index is 2.00. The highest BCUT2D eigenvalue weighted by atomic mass is 19.1. The molecule has 0 aliphatic heterocycles. The molecule has 1 heterocycles. The van der Waals surface area contributed by atoms with Gasteiger partial charge < -0.3 is 14.6 Å². The van der Waals surface area contributed by atoms with Gasteiger partial charge in [-0.2, -0.15) is 0 Å². The third kappa shape index (κ3) is 4.04. The lowest BCUT2D eigenvalue weighted by molar-refractivity contribution is 0.282. The van der Waals surface area contributed by atoms with Crippen LogP contribution in [0, 0.1) is 5.82 Å². The van der Waals surface area contributed by atoms with Gasteiger partial charge in [0.15, 0.2) is 11.6 Å². The molecule has 4 nitrogen and oxygen atoms in total. The number of benzene rings is 1. The highest BCUT2D eigenvalue weighted by molar-refractivity contribution is 5.31. The van der Waals surface area contributed by atoms with Crippen LogP contribution in [0.4, 0.5) is 4.39 Å². The van der Waals surface area contributed by atoms with E-state index >= 15 is 0 Å². The predicted octanol–water partition coefficient (Wildman–Crippen LogP) is 3.20. The summed E-state index contributed by atoms with van der Waals surface area (Å²) in [5.41, 5.74) is 1.82. The Hall–Kier alpha value is -1.88. The minimum absolute atomic E-state index is 0.130.